The number of hydrogen-bond donors (Lipinski definition) is 1. The molecular weight excluding hydrogens is 438 g/mol. The molecule has 0 heterocycles. The third-order valence-electron chi connectivity index (χ3n) is 4.71. The van der Waals surface area contributed by atoms with Gasteiger partial charge in [-0.1, -0.05) is 26.0 Å². The molecule has 2 aromatic rings. The SMILES string of the molecule is CCN(CC)S(=O)(=O)c1cc(C(=O)OCC(=O)Nc2ccc(C)cc2[N+](=O)[O-])ccc1C. The van der Waals surface area contributed by atoms with Crippen LogP contribution in [0.25, 0.3) is 0 Å². The number of nitrogens with one attached hydrogen (secondary N) is 1. The van der Waals surface area contributed by atoms with Crippen molar-refractivity contribution in [2.75, 3.05) is 25.0 Å². The molecule has 0 radical (unpaired) electrons. The summed E-state index contributed by atoms with van der Waals surface area (Å²) < 4.78 is 31.9. The molecule has 172 valence electrons. The van der Waals surface area contributed by atoms with Gasteiger partial charge in [-0.3, -0.25) is 14.9 Å². The second-order valence-electron chi connectivity index (χ2n) is 6.97. The fourth-order valence-electron chi connectivity index (χ4n) is 3.01. The molecule has 0 fully saturated rings. The van der Waals surface area contributed by atoms with E-state index in [1.807, 2.05) is 0 Å². The van der Waals surface area contributed by atoms with Crippen LogP contribution in [0.3, 0.4) is 0 Å². The highest BCUT2D eigenvalue weighted by Gasteiger charge is 2.25. The van der Waals surface area contributed by atoms with E-state index < -0.39 is 33.4 Å². The van der Waals surface area contributed by atoms with Crippen molar-refractivity contribution >= 4 is 33.3 Å². The molecule has 11 heteroatoms. The molecule has 0 aliphatic heterocycles. The molecule has 10 nitrogen and oxygen atoms in total. The lowest BCUT2D eigenvalue weighted by Crippen LogP contribution is -2.31. The number of nitrogens with zero attached hydrogens (tertiary/aromatic N) is 2. The molecule has 2 rings (SSSR count). The van der Waals surface area contributed by atoms with E-state index in [4.69, 9.17) is 4.74 Å². The monoisotopic (exact) mass is 463 g/mol. The normalized spacial score (nSPS) is 11.3. The summed E-state index contributed by atoms with van der Waals surface area (Å²) in [4.78, 5) is 35.1. The number of anilines is 1. The Bertz CT molecular complexity index is 1140. The first-order chi connectivity index (χ1) is 15.0. The zero-order chi connectivity index (χ0) is 24.1. The molecule has 0 unspecified atom stereocenters. The number of nitro benzene ring substituents is 1. The predicted octanol–water partition coefficient (Wildman–Crippen LogP) is 3.04. The Kier molecular flexibility index (Phi) is 8.06. The lowest BCUT2D eigenvalue weighted by molar-refractivity contribution is -0.384. The Hall–Kier alpha value is -3.31. The number of amides is 1. The largest absolute Gasteiger partial charge is 0.452 e. The van der Waals surface area contributed by atoms with Crippen LogP contribution in [0.4, 0.5) is 11.4 Å². The molecule has 32 heavy (non-hydrogen) atoms. The summed E-state index contributed by atoms with van der Waals surface area (Å²) in [6.07, 6.45) is 0. The number of sulfonamides is 1. The zero-order valence-electron chi connectivity index (χ0n) is 18.2. The van der Waals surface area contributed by atoms with Gasteiger partial charge in [0.25, 0.3) is 11.6 Å². The van der Waals surface area contributed by atoms with Crippen LogP contribution < -0.4 is 5.32 Å². The highest BCUT2D eigenvalue weighted by atomic mass is 32.2. The fraction of sp³-hybridized carbons (Fsp3) is 0.333. The molecule has 0 aromatic heterocycles. The third-order valence-corrected chi connectivity index (χ3v) is 6.90. The molecular formula is C21H25N3O7S. The molecule has 1 amide bonds. The number of rotatable bonds is 9. The maximum absolute atomic E-state index is 12.8. The maximum Gasteiger partial charge on any atom is 0.338 e. The first-order valence-electron chi connectivity index (χ1n) is 9.84. The average Bonchev–Trinajstić information content (AvgIpc) is 2.74. The number of ether oxygens (including phenoxy) is 1. The summed E-state index contributed by atoms with van der Waals surface area (Å²) in [7, 11) is -3.79. The number of nitro groups is 1. The van der Waals surface area contributed by atoms with Crippen molar-refractivity contribution in [1.29, 1.82) is 0 Å². The molecule has 0 bridgehead atoms. The zero-order valence-corrected chi connectivity index (χ0v) is 19.1. The first-order valence-corrected chi connectivity index (χ1v) is 11.3. The number of aryl methyl sites for hydroxylation is 2. The summed E-state index contributed by atoms with van der Waals surface area (Å²) in [5.41, 5.74) is 0.781. The van der Waals surface area contributed by atoms with Crippen molar-refractivity contribution in [3.63, 3.8) is 0 Å². The van der Waals surface area contributed by atoms with Gasteiger partial charge in [0.05, 0.1) is 15.4 Å². The summed E-state index contributed by atoms with van der Waals surface area (Å²) in [6, 6.07) is 8.40. The predicted molar refractivity (Wildman–Crippen MR) is 118 cm³/mol. The fourth-order valence-corrected chi connectivity index (χ4v) is 4.72. The van der Waals surface area contributed by atoms with Crippen molar-refractivity contribution in [1.82, 2.24) is 4.31 Å². The number of hydrogen-bond acceptors (Lipinski definition) is 7. The van der Waals surface area contributed by atoms with Crippen molar-refractivity contribution in [2.24, 2.45) is 0 Å². The van der Waals surface area contributed by atoms with E-state index in [-0.39, 0.29) is 34.9 Å². The minimum Gasteiger partial charge on any atom is -0.452 e. The van der Waals surface area contributed by atoms with Crippen LogP contribution in [-0.4, -0.2) is 49.2 Å². The van der Waals surface area contributed by atoms with Gasteiger partial charge in [0.15, 0.2) is 6.61 Å². The lowest BCUT2D eigenvalue weighted by Gasteiger charge is -2.20. The van der Waals surface area contributed by atoms with Crippen LogP contribution >= 0.6 is 0 Å². The second kappa shape index (κ2) is 10.3. The second-order valence-corrected chi connectivity index (χ2v) is 8.88. The number of esters is 1. The van der Waals surface area contributed by atoms with Crippen LogP contribution in [0.2, 0.25) is 0 Å². The Labute approximate surface area is 186 Å². The van der Waals surface area contributed by atoms with E-state index in [1.165, 1.54) is 34.6 Å². The van der Waals surface area contributed by atoms with Gasteiger partial charge in [0, 0.05) is 19.2 Å². The number of carbonyl (C=O) groups excluding carboxylic acids is 2. The molecule has 0 spiro atoms. The molecule has 0 atom stereocenters. The Morgan fingerprint density at radius 1 is 1.09 bits per heavy atom. The number of carbonyl (C=O) groups is 2. The summed E-state index contributed by atoms with van der Waals surface area (Å²) >= 11 is 0. The highest BCUT2D eigenvalue weighted by molar-refractivity contribution is 7.89. The van der Waals surface area contributed by atoms with E-state index in [1.54, 1.807) is 33.8 Å². The van der Waals surface area contributed by atoms with Crippen molar-refractivity contribution in [3.05, 3.63) is 63.2 Å². The van der Waals surface area contributed by atoms with Crippen LogP contribution in [0.15, 0.2) is 41.3 Å². The van der Waals surface area contributed by atoms with Gasteiger partial charge in [-0.05, 0) is 43.2 Å². The average molecular weight is 464 g/mol. The van der Waals surface area contributed by atoms with Crippen LogP contribution in [0.1, 0.15) is 35.3 Å². The van der Waals surface area contributed by atoms with E-state index in [9.17, 15) is 28.1 Å². The van der Waals surface area contributed by atoms with Gasteiger partial charge in [0.1, 0.15) is 5.69 Å². The molecule has 0 aliphatic rings. The van der Waals surface area contributed by atoms with E-state index >= 15 is 0 Å². The molecule has 0 aliphatic carbocycles. The quantitative estimate of drug-likeness (QED) is 0.343. The van der Waals surface area contributed by atoms with Crippen molar-refractivity contribution in [2.45, 2.75) is 32.6 Å². The van der Waals surface area contributed by atoms with Crippen LogP contribution in [0.5, 0.6) is 0 Å². The minimum absolute atomic E-state index is 0.0182. The van der Waals surface area contributed by atoms with E-state index in [0.717, 1.165) is 0 Å². The summed E-state index contributed by atoms with van der Waals surface area (Å²) in [6.45, 7) is 6.58. The van der Waals surface area contributed by atoms with Gasteiger partial charge < -0.3 is 10.1 Å². The maximum atomic E-state index is 12.8. The Balaban J connectivity index is 2.14. The minimum atomic E-state index is -3.79. The summed E-state index contributed by atoms with van der Waals surface area (Å²) in [5.74, 6) is -1.66. The van der Waals surface area contributed by atoms with Gasteiger partial charge in [-0.25, -0.2) is 13.2 Å². The standard InChI is InChI=1S/C21H25N3O7S/c1-5-23(6-2)32(29,30)19-12-16(9-8-15(19)4)21(26)31-13-20(25)22-17-10-7-14(3)11-18(17)24(27)28/h7-12H,5-6,13H2,1-4H3,(H,22,25). The van der Waals surface area contributed by atoms with Crippen molar-refractivity contribution in [3.8, 4) is 0 Å². The van der Waals surface area contributed by atoms with Crippen LogP contribution in [0, 0.1) is 24.0 Å². The molecule has 2 aromatic carbocycles. The van der Waals surface area contributed by atoms with Gasteiger partial charge >= 0.3 is 5.97 Å². The topological polar surface area (TPSA) is 136 Å². The third kappa shape index (κ3) is 5.68. The van der Waals surface area contributed by atoms with Gasteiger partial charge in [-0.15, -0.1) is 0 Å². The smallest absolute Gasteiger partial charge is 0.338 e. The van der Waals surface area contributed by atoms with Crippen LogP contribution in [-0.2, 0) is 19.6 Å². The number of benzene rings is 2. The lowest BCUT2D eigenvalue weighted by atomic mass is 10.1. The molecule has 0 saturated carbocycles. The van der Waals surface area contributed by atoms with Crippen molar-refractivity contribution < 1.29 is 27.7 Å². The Morgan fingerprint density at radius 3 is 2.34 bits per heavy atom. The summed E-state index contributed by atoms with van der Waals surface area (Å²) in [5, 5.41) is 13.5. The first kappa shape index (κ1) is 25.0. The van der Waals surface area contributed by atoms with Gasteiger partial charge in [0.2, 0.25) is 10.0 Å². The Morgan fingerprint density at radius 2 is 1.75 bits per heavy atom. The molecule has 0 saturated heterocycles. The van der Waals surface area contributed by atoms with E-state index in [0.29, 0.717) is 11.1 Å². The highest BCUT2D eigenvalue weighted by Crippen LogP contribution is 2.25. The molecule has 1 N–H and O–H groups in total. The van der Waals surface area contributed by atoms with E-state index in [2.05, 4.69) is 5.32 Å². The van der Waals surface area contributed by atoms with Gasteiger partial charge in [-0.2, -0.15) is 4.31 Å².